The van der Waals surface area contributed by atoms with Crippen LogP contribution in [0.25, 0.3) is 0 Å². The number of aliphatic hydroxyl groups is 1. The van der Waals surface area contributed by atoms with Gasteiger partial charge in [0.25, 0.3) is 0 Å². The molecule has 1 aromatic carbocycles. The Bertz CT molecular complexity index is 329. The predicted octanol–water partition coefficient (Wildman–Crippen LogP) is 2.93. The lowest BCUT2D eigenvalue weighted by Gasteiger charge is -2.21. The van der Waals surface area contributed by atoms with Gasteiger partial charge in [0.2, 0.25) is 0 Å². The summed E-state index contributed by atoms with van der Waals surface area (Å²) in [4.78, 5) is 0. The standard InChI is InChI=1S/C13H20ClNO/c1-3-12(15)13(16)8-9(2)10-6-4-5-7-11(10)14/h4-7,9,12-13,16H,3,8,15H2,1-2H3. The van der Waals surface area contributed by atoms with E-state index in [1.54, 1.807) is 0 Å². The van der Waals surface area contributed by atoms with E-state index in [0.29, 0.717) is 6.42 Å². The molecule has 0 aliphatic carbocycles. The maximum absolute atomic E-state index is 9.87. The normalized spacial score (nSPS) is 16.8. The van der Waals surface area contributed by atoms with Gasteiger partial charge in [-0.3, -0.25) is 0 Å². The molecule has 16 heavy (non-hydrogen) atoms. The van der Waals surface area contributed by atoms with Crippen molar-refractivity contribution in [3.8, 4) is 0 Å². The highest BCUT2D eigenvalue weighted by Crippen LogP contribution is 2.28. The van der Waals surface area contributed by atoms with E-state index < -0.39 is 6.10 Å². The molecule has 0 radical (unpaired) electrons. The zero-order chi connectivity index (χ0) is 12.1. The molecule has 0 aromatic heterocycles. The minimum Gasteiger partial charge on any atom is -0.391 e. The highest BCUT2D eigenvalue weighted by Gasteiger charge is 2.18. The van der Waals surface area contributed by atoms with E-state index in [4.69, 9.17) is 17.3 Å². The number of hydrogen-bond acceptors (Lipinski definition) is 2. The Kier molecular flexibility index (Phi) is 5.26. The molecule has 1 aromatic rings. The van der Waals surface area contributed by atoms with Crippen LogP contribution in [-0.4, -0.2) is 17.3 Å². The molecular formula is C13H20ClNO. The van der Waals surface area contributed by atoms with Gasteiger partial charge in [-0.25, -0.2) is 0 Å². The number of halogens is 1. The predicted molar refractivity (Wildman–Crippen MR) is 68.8 cm³/mol. The number of nitrogens with two attached hydrogens (primary N) is 1. The van der Waals surface area contributed by atoms with Crippen LogP contribution >= 0.6 is 11.6 Å². The van der Waals surface area contributed by atoms with Crippen LogP contribution in [0.1, 0.15) is 38.2 Å². The molecule has 0 saturated heterocycles. The highest BCUT2D eigenvalue weighted by molar-refractivity contribution is 6.31. The van der Waals surface area contributed by atoms with E-state index in [1.807, 2.05) is 31.2 Å². The first-order valence-corrected chi connectivity index (χ1v) is 6.12. The van der Waals surface area contributed by atoms with Crippen molar-refractivity contribution < 1.29 is 5.11 Å². The number of benzene rings is 1. The zero-order valence-electron chi connectivity index (χ0n) is 9.86. The van der Waals surface area contributed by atoms with Gasteiger partial charge in [0.05, 0.1) is 6.10 Å². The van der Waals surface area contributed by atoms with Crippen LogP contribution in [0.15, 0.2) is 24.3 Å². The van der Waals surface area contributed by atoms with Crippen molar-refractivity contribution in [2.24, 2.45) is 5.73 Å². The van der Waals surface area contributed by atoms with Crippen molar-refractivity contribution in [3.63, 3.8) is 0 Å². The molecular weight excluding hydrogens is 222 g/mol. The van der Waals surface area contributed by atoms with Crippen molar-refractivity contribution in [1.82, 2.24) is 0 Å². The molecule has 3 N–H and O–H groups in total. The van der Waals surface area contributed by atoms with Gasteiger partial charge in [0.15, 0.2) is 0 Å². The second kappa shape index (κ2) is 6.24. The molecule has 90 valence electrons. The van der Waals surface area contributed by atoms with Crippen LogP contribution in [0.4, 0.5) is 0 Å². The summed E-state index contributed by atoms with van der Waals surface area (Å²) >= 11 is 6.10. The molecule has 0 bridgehead atoms. The van der Waals surface area contributed by atoms with Crippen LogP contribution < -0.4 is 5.73 Å². The average molecular weight is 242 g/mol. The van der Waals surface area contributed by atoms with Crippen LogP contribution in [-0.2, 0) is 0 Å². The fourth-order valence-corrected chi connectivity index (χ4v) is 2.13. The topological polar surface area (TPSA) is 46.2 Å². The van der Waals surface area contributed by atoms with E-state index in [9.17, 15) is 5.11 Å². The maximum atomic E-state index is 9.87. The number of aliphatic hydroxyl groups excluding tert-OH is 1. The van der Waals surface area contributed by atoms with Crippen molar-refractivity contribution in [2.45, 2.75) is 44.8 Å². The van der Waals surface area contributed by atoms with Crippen LogP contribution in [0, 0.1) is 0 Å². The van der Waals surface area contributed by atoms with Gasteiger partial charge in [-0.15, -0.1) is 0 Å². The highest BCUT2D eigenvalue weighted by atomic mass is 35.5. The average Bonchev–Trinajstić information content (AvgIpc) is 2.28. The summed E-state index contributed by atoms with van der Waals surface area (Å²) in [6.07, 6.45) is 0.978. The van der Waals surface area contributed by atoms with Gasteiger partial charge in [0.1, 0.15) is 0 Å². The third-order valence-electron chi connectivity index (χ3n) is 3.00. The molecule has 0 amide bonds. The zero-order valence-corrected chi connectivity index (χ0v) is 10.6. The van der Waals surface area contributed by atoms with Crippen molar-refractivity contribution in [1.29, 1.82) is 0 Å². The molecule has 1 rings (SSSR count). The third kappa shape index (κ3) is 3.48. The molecule has 2 nitrogen and oxygen atoms in total. The summed E-state index contributed by atoms with van der Waals surface area (Å²) in [7, 11) is 0. The quantitative estimate of drug-likeness (QED) is 0.833. The third-order valence-corrected chi connectivity index (χ3v) is 3.34. The van der Waals surface area contributed by atoms with Gasteiger partial charge in [-0.05, 0) is 30.4 Å². The van der Waals surface area contributed by atoms with Crippen molar-refractivity contribution in [2.75, 3.05) is 0 Å². The first-order chi connectivity index (χ1) is 7.56. The summed E-state index contributed by atoms with van der Waals surface area (Å²) in [6.45, 7) is 4.04. The van der Waals surface area contributed by atoms with Crippen LogP contribution in [0.3, 0.4) is 0 Å². The first-order valence-electron chi connectivity index (χ1n) is 5.74. The fraction of sp³-hybridized carbons (Fsp3) is 0.538. The SMILES string of the molecule is CCC(N)C(O)CC(C)c1ccccc1Cl. The molecule has 3 unspecified atom stereocenters. The Labute approximate surface area is 102 Å². The Morgan fingerprint density at radius 1 is 1.38 bits per heavy atom. The first kappa shape index (κ1) is 13.5. The Balaban J connectivity index is 2.65. The number of rotatable bonds is 5. The summed E-state index contributed by atoms with van der Waals surface area (Å²) < 4.78 is 0. The summed E-state index contributed by atoms with van der Waals surface area (Å²) in [6, 6.07) is 7.60. The fourth-order valence-electron chi connectivity index (χ4n) is 1.81. The van der Waals surface area contributed by atoms with E-state index in [-0.39, 0.29) is 12.0 Å². The molecule has 0 fully saturated rings. The minimum atomic E-state index is -0.462. The number of hydrogen-bond donors (Lipinski definition) is 2. The van der Waals surface area contributed by atoms with Gasteiger partial charge >= 0.3 is 0 Å². The smallest absolute Gasteiger partial charge is 0.0696 e. The van der Waals surface area contributed by atoms with E-state index in [0.717, 1.165) is 17.0 Å². The van der Waals surface area contributed by atoms with Gasteiger partial charge in [-0.2, -0.15) is 0 Å². The second-order valence-corrected chi connectivity index (χ2v) is 4.70. The monoisotopic (exact) mass is 241 g/mol. The molecule has 0 saturated carbocycles. The van der Waals surface area contributed by atoms with Gasteiger partial charge in [0, 0.05) is 11.1 Å². The summed E-state index contributed by atoms with van der Waals surface area (Å²) in [5, 5.41) is 10.6. The Morgan fingerprint density at radius 2 is 2.00 bits per heavy atom. The van der Waals surface area contributed by atoms with E-state index >= 15 is 0 Å². The second-order valence-electron chi connectivity index (χ2n) is 4.30. The molecule has 0 aliphatic rings. The van der Waals surface area contributed by atoms with Gasteiger partial charge in [-0.1, -0.05) is 43.6 Å². The lowest BCUT2D eigenvalue weighted by molar-refractivity contribution is 0.126. The minimum absolute atomic E-state index is 0.148. The largest absolute Gasteiger partial charge is 0.391 e. The Morgan fingerprint density at radius 3 is 2.56 bits per heavy atom. The Hall–Kier alpha value is -0.570. The van der Waals surface area contributed by atoms with E-state index in [1.165, 1.54) is 0 Å². The van der Waals surface area contributed by atoms with E-state index in [2.05, 4.69) is 6.92 Å². The lowest BCUT2D eigenvalue weighted by Crippen LogP contribution is -2.34. The summed E-state index contributed by atoms with van der Waals surface area (Å²) in [5.74, 6) is 0.223. The molecule has 0 spiro atoms. The lowest BCUT2D eigenvalue weighted by atomic mass is 9.92. The van der Waals surface area contributed by atoms with Crippen LogP contribution in [0.2, 0.25) is 5.02 Å². The molecule has 3 atom stereocenters. The molecule has 0 heterocycles. The van der Waals surface area contributed by atoms with Crippen molar-refractivity contribution in [3.05, 3.63) is 34.9 Å². The van der Waals surface area contributed by atoms with Gasteiger partial charge < -0.3 is 10.8 Å². The molecule has 3 heteroatoms. The molecule has 0 aliphatic heterocycles. The summed E-state index contributed by atoms with van der Waals surface area (Å²) in [5.41, 5.74) is 6.87. The maximum Gasteiger partial charge on any atom is 0.0696 e. The van der Waals surface area contributed by atoms with Crippen LogP contribution in [0.5, 0.6) is 0 Å². The van der Waals surface area contributed by atoms with Crippen molar-refractivity contribution >= 4 is 11.6 Å².